The fourth-order valence-corrected chi connectivity index (χ4v) is 6.97. The summed E-state index contributed by atoms with van der Waals surface area (Å²) >= 11 is 0. The molecule has 15 heteroatoms. The summed E-state index contributed by atoms with van der Waals surface area (Å²) in [5, 5.41) is 0. The minimum atomic E-state index is -0.617. The Morgan fingerprint density at radius 1 is 0.506 bits per heavy atom. The van der Waals surface area contributed by atoms with Crippen LogP contribution in [-0.2, 0) is 42.9 Å². The van der Waals surface area contributed by atoms with Gasteiger partial charge in [0.2, 0.25) is 0 Å². The quantitative estimate of drug-likeness (QED) is 0.0141. The maximum atomic E-state index is 13.4. The fraction of sp³-hybridized carbons (Fsp3) is 0.387. The highest BCUT2D eigenvalue weighted by atomic mass is 16.6. The fourth-order valence-electron chi connectivity index (χ4n) is 6.97. The van der Waals surface area contributed by atoms with E-state index in [0.717, 1.165) is 68.1 Å². The molecule has 0 heterocycles. The number of benzene rings is 4. The summed E-state index contributed by atoms with van der Waals surface area (Å²) in [5.41, 5.74) is 4.43. The second-order valence-corrected chi connectivity index (χ2v) is 18.9. The Morgan fingerprint density at radius 2 is 1.01 bits per heavy atom. The van der Waals surface area contributed by atoms with Crippen LogP contribution in [0.2, 0.25) is 0 Å². The summed E-state index contributed by atoms with van der Waals surface area (Å²) in [4.78, 5) is 73.6. The first-order chi connectivity index (χ1) is 36.9. The Hall–Kier alpha value is -7.94. The number of carbonyl (C=O) groups is 6. The van der Waals surface area contributed by atoms with E-state index in [-0.39, 0.29) is 59.4 Å². The monoisotopic (exact) mass is 1060 g/mol. The van der Waals surface area contributed by atoms with E-state index in [1.54, 1.807) is 84.0 Å². The number of ether oxygens (including phenoxy) is 9. The predicted molar refractivity (Wildman–Crippen MR) is 294 cm³/mol. The second-order valence-electron chi connectivity index (χ2n) is 18.9. The lowest BCUT2D eigenvalue weighted by Crippen LogP contribution is -2.23. The van der Waals surface area contributed by atoms with E-state index in [1.165, 1.54) is 6.08 Å². The number of carbonyl (C=O) groups excluding carboxylic acids is 6. The Kier molecular flexibility index (Phi) is 26.5. The van der Waals surface area contributed by atoms with Gasteiger partial charge in [-0.2, -0.15) is 0 Å². The van der Waals surface area contributed by atoms with Gasteiger partial charge < -0.3 is 42.6 Å². The number of hydrogen-bond donors (Lipinski definition) is 0. The van der Waals surface area contributed by atoms with E-state index in [1.807, 2.05) is 48.5 Å². The van der Waals surface area contributed by atoms with Gasteiger partial charge in [0, 0.05) is 28.7 Å². The van der Waals surface area contributed by atoms with Crippen LogP contribution in [0, 0.1) is 18.8 Å². The number of rotatable bonds is 34. The summed E-state index contributed by atoms with van der Waals surface area (Å²) in [7, 11) is 0. The van der Waals surface area contributed by atoms with Crippen LogP contribution in [0.4, 0.5) is 0 Å². The molecule has 0 aromatic heterocycles. The molecule has 0 fully saturated rings. The van der Waals surface area contributed by atoms with Crippen LogP contribution < -0.4 is 23.7 Å². The van der Waals surface area contributed by atoms with Crippen LogP contribution in [0.5, 0.6) is 28.7 Å². The molecule has 0 atom stereocenters. The van der Waals surface area contributed by atoms with Gasteiger partial charge >= 0.3 is 35.8 Å². The van der Waals surface area contributed by atoms with E-state index in [0.29, 0.717) is 73.6 Å². The van der Waals surface area contributed by atoms with E-state index >= 15 is 0 Å². The average Bonchev–Trinajstić information content (AvgIpc) is 3.40. The zero-order valence-corrected chi connectivity index (χ0v) is 45.5. The van der Waals surface area contributed by atoms with Gasteiger partial charge in [0.15, 0.2) is 11.5 Å². The first kappa shape index (κ1) is 61.6. The van der Waals surface area contributed by atoms with Gasteiger partial charge in [-0.1, -0.05) is 70.0 Å². The van der Waals surface area contributed by atoms with Crippen LogP contribution in [0.3, 0.4) is 0 Å². The lowest BCUT2D eigenvalue weighted by molar-refractivity contribution is -0.147. The van der Waals surface area contributed by atoms with Crippen LogP contribution in [0.25, 0.3) is 17.2 Å². The van der Waals surface area contributed by atoms with Crippen LogP contribution in [0.1, 0.15) is 114 Å². The molecule has 15 nitrogen and oxygen atoms in total. The van der Waals surface area contributed by atoms with Crippen molar-refractivity contribution in [1.29, 1.82) is 0 Å². The minimum absolute atomic E-state index is 0.0443. The molecule has 0 aliphatic rings. The number of aryl methyl sites for hydroxylation is 1. The van der Waals surface area contributed by atoms with E-state index in [4.69, 9.17) is 42.6 Å². The lowest BCUT2D eigenvalue weighted by Gasteiger charge is -2.18. The van der Waals surface area contributed by atoms with Crippen LogP contribution in [-0.4, -0.2) is 82.1 Å². The lowest BCUT2D eigenvalue weighted by atomic mass is 10.0. The van der Waals surface area contributed by atoms with Gasteiger partial charge in [0.05, 0.1) is 57.7 Å². The van der Waals surface area contributed by atoms with Crippen molar-refractivity contribution in [2.24, 2.45) is 11.8 Å². The van der Waals surface area contributed by atoms with Gasteiger partial charge in [-0.25, -0.2) is 24.0 Å². The molecule has 4 aromatic carbocycles. The van der Waals surface area contributed by atoms with Crippen molar-refractivity contribution in [2.75, 3.05) is 46.2 Å². The molecule has 0 unspecified atom stereocenters. The van der Waals surface area contributed by atoms with Gasteiger partial charge in [-0.3, -0.25) is 4.79 Å². The van der Waals surface area contributed by atoms with Crippen molar-refractivity contribution < 1.29 is 71.4 Å². The molecule has 0 saturated heterocycles. The second kappa shape index (κ2) is 33.2. The Morgan fingerprint density at radius 3 is 1.57 bits per heavy atom. The SMILES string of the molecule is C=C(C)C(=O)OCCCCCCOc1ccc(C(=O)Oc2ccc(OC(=O)/C=C/c3ccc(-c4ccc(OCCC(COC(=O)C(=C)C)COC(=O)C(=C)C)cc4)cc3)c(C)c2)cc1OCCCCCCOC(=O)C(C)C. The van der Waals surface area contributed by atoms with Crippen molar-refractivity contribution in [3.63, 3.8) is 0 Å². The Bertz CT molecular complexity index is 2630. The highest BCUT2D eigenvalue weighted by Gasteiger charge is 2.18. The molecule has 0 N–H and O–H groups in total. The third-order valence-corrected chi connectivity index (χ3v) is 11.5. The summed E-state index contributed by atoms with van der Waals surface area (Å²) in [6.07, 6.45) is 9.88. The highest BCUT2D eigenvalue weighted by Crippen LogP contribution is 2.31. The van der Waals surface area contributed by atoms with E-state index in [9.17, 15) is 28.8 Å². The van der Waals surface area contributed by atoms with E-state index in [2.05, 4.69) is 19.7 Å². The third-order valence-electron chi connectivity index (χ3n) is 11.5. The molecule has 77 heavy (non-hydrogen) atoms. The smallest absolute Gasteiger partial charge is 0.343 e. The molecule has 0 aliphatic carbocycles. The average molecular weight is 1060 g/mol. The summed E-state index contributed by atoms with van der Waals surface area (Å²) in [6.45, 7) is 22.8. The summed E-state index contributed by atoms with van der Waals surface area (Å²) in [5.74, 6) is -1.19. The minimum Gasteiger partial charge on any atom is -0.494 e. The maximum Gasteiger partial charge on any atom is 0.343 e. The Labute approximate surface area is 453 Å². The highest BCUT2D eigenvalue weighted by molar-refractivity contribution is 5.92. The zero-order chi connectivity index (χ0) is 56.1. The van der Waals surface area contributed by atoms with Gasteiger partial charge in [-0.15, -0.1) is 0 Å². The molecule has 0 spiro atoms. The van der Waals surface area contributed by atoms with Crippen LogP contribution >= 0.6 is 0 Å². The molecule has 0 aliphatic heterocycles. The number of unbranched alkanes of at least 4 members (excludes halogenated alkanes) is 6. The van der Waals surface area contributed by atoms with Gasteiger partial charge in [-0.05, 0) is 162 Å². The molecule has 0 radical (unpaired) electrons. The van der Waals surface area contributed by atoms with E-state index < -0.39 is 23.9 Å². The summed E-state index contributed by atoms with van der Waals surface area (Å²) < 4.78 is 50.6. The third kappa shape index (κ3) is 23.2. The Balaban J connectivity index is 1.27. The molecule has 4 aromatic rings. The normalized spacial score (nSPS) is 10.9. The van der Waals surface area contributed by atoms with Crippen molar-refractivity contribution in [3.05, 3.63) is 144 Å². The van der Waals surface area contributed by atoms with Gasteiger partial charge in [0.25, 0.3) is 0 Å². The number of esters is 6. The van der Waals surface area contributed by atoms with Crippen molar-refractivity contribution >= 4 is 41.9 Å². The molecular weight excluding hydrogens is 985 g/mol. The number of hydrogen-bond acceptors (Lipinski definition) is 15. The van der Waals surface area contributed by atoms with Gasteiger partial charge in [0.1, 0.15) is 17.2 Å². The van der Waals surface area contributed by atoms with Crippen molar-refractivity contribution in [2.45, 2.75) is 99.3 Å². The van der Waals surface area contributed by atoms with Crippen LogP contribution in [0.15, 0.2) is 127 Å². The first-order valence-electron chi connectivity index (χ1n) is 26.0. The zero-order valence-electron chi connectivity index (χ0n) is 45.5. The molecule has 4 rings (SSSR count). The molecule has 0 amide bonds. The van der Waals surface area contributed by atoms with Crippen molar-refractivity contribution in [3.8, 4) is 39.9 Å². The topological polar surface area (TPSA) is 185 Å². The first-order valence-corrected chi connectivity index (χ1v) is 26.0. The molecule has 0 bridgehead atoms. The molecule has 412 valence electrons. The largest absolute Gasteiger partial charge is 0.494 e. The molecular formula is C62H74O15. The standard InChI is InChI=1S/C62H74O15/c1-42(2)58(64)72-35-16-12-10-14-33-70-55-29-25-51(39-56(55)71-34-15-11-13-17-36-73-59(65)43(3)4)62(68)76-53-28-30-54(46(9)38-53)77-57(63)31-20-47-18-21-49(22-19-47)50-23-26-52(27-24-50)69-37-32-48(40-74-60(66)44(5)6)41-75-61(67)45(7)8/h18-31,38-39,43,48H,1,5,7,10-17,32-37,40-41H2,2-4,6,8-9H3/b31-20+. The molecule has 0 saturated carbocycles. The summed E-state index contributed by atoms with van der Waals surface area (Å²) in [6, 6.07) is 24.8. The maximum absolute atomic E-state index is 13.4. The van der Waals surface area contributed by atoms with Crippen molar-refractivity contribution in [1.82, 2.24) is 0 Å². The predicted octanol–water partition coefficient (Wildman–Crippen LogP) is 12.3.